The van der Waals surface area contributed by atoms with Crippen LogP contribution in [0.5, 0.6) is 0 Å². The van der Waals surface area contributed by atoms with Gasteiger partial charge in [0.2, 0.25) is 5.17 Å². The number of thiophene rings is 1. The normalized spacial score (nSPS) is 17.2. The summed E-state index contributed by atoms with van der Waals surface area (Å²) < 4.78 is 2.14. The number of fused-ring (bicyclic) bond motifs is 1. The minimum atomic E-state index is -0.402. The number of hydrazone groups is 1. The Morgan fingerprint density at radius 1 is 1.13 bits per heavy atom. The lowest BCUT2D eigenvalue weighted by Crippen LogP contribution is -2.35. The molecule has 5 rings (SSSR count). The Bertz CT molecular complexity index is 1280. The molecule has 0 radical (unpaired) electrons. The highest BCUT2D eigenvalue weighted by Gasteiger charge is 2.35. The van der Waals surface area contributed by atoms with Crippen molar-refractivity contribution in [2.24, 2.45) is 10.1 Å². The summed E-state index contributed by atoms with van der Waals surface area (Å²) >= 11 is 3.02. The molecule has 4 heterocycles. The van der Waals surface area contributed by atoms with Crippen LogP contribution in [0.1, 0.15) is 21.8 Å². The number of nitrogens with zero attached hydrogens (tertiary/aromatic N) is 4. The van der Waals surface area contributed by atoms with Crippen molar-refractivity contribution in [3.05, 3.63) is 81.3 Å². The number of aryl methyl sites for hydroxylation is 1. The predicted octanol–water partition coefficient (Wildman–Crippen LogP) is 5.02. The van der Waals surface area contributed by atoms with E-state index in [0.717, 1.165) is 27.7 Å². The van der Waals surface area contributed by atoms with E-state index in [9.17, 15) is 4.79 Å². The molecule has 1 aromatic carbocycles. The molecule has 0 spiro atoms. The Morgan fingerprint density at radius 2 is 1.94 bits per heavy atom. The zero-order valence-electron chi connectivity index (χ0n) is 17.0. The highest BCUT2D eigenvalue weighted by atomic mass is 32.2. The Morgan fingerprint density at radius 3 is 2.68 bits per heavy atom. The number of thioether (sulfide) groups is 1. The molecule has 0 saturated carbocycles. The van der Waals surface area contributed by atoms with Gasteiger partial charge in [-0.2, -0.15) is 15.1 Å². The van der Waals surface area contributed by atoms with E-state index in [2.05, 4.69) is 20.7 Å². The number of carbonyl (C=O) groups is 1. The standard InChI is InChI=1S/C23H19N5OS2/c1-14-11-16(15(2)27(14)17-7-4-3-5-8-17)12-19-21(24)28-23(25-22(19)29)31-20(26-28)13-18-9-6-10-30-18/h3-12,24H,13H2,1-2H3/b19-12-,24-21?. The summed E-state index contributed by atoms with van der Waals surface area (Å²) in [6.45, 7) is 4.05. The number of rotatable bonds is 4. The van der Waals surface area contributed by atoms with Crippen LogP contribution in [-0.4, -0.2) is 31.5 Å². The van der Waals surface area contributed by atoms with Gasteiger partial charge in [-0.25, -0.2) is 0 Å². The summed E-state index contributed by atoms with van der Waals surface area (Å²) in [4.78, 5) is 18.2. The van der Waals surface area contributed by atoms with E-state index in [1.54, 1.807) is 17.4 Å². The number of aliphatic imine (C=N–C) groups is 1. The molecule has 1 amide bonds. The fourth-order valence-electron chi connectivity index (χ4n) is 3.73. The first-order chi connectivity index (χ1) is 15.0. The topological polar surface area (TPSA) is 73.8 Å². The Kier molecular flexibility index (Phi) is 4.95. The first-order valence-electron chi connectivity index (χ1n) is 9.77. The van der Waals surface area contributed by atoms with Crippen LogP contribution in [0.4, 0.5) is 0 Å². The summed E-state index contributed by atoms with van der Waals surface area (Å²) in [5.74, 6) is -0.339. The summed E-state index contributed by atoms with van der Waals surface area (Å²) in [6.07, 6.45) is 2.43. The molecule has 154 valence electrons. The largest absolute Gasteiger partial charge is 0.318 e. The third-order valence-electron chi connectivity index (χ3n) is 5.19. The SMILES string of the molecule is Cc1cc(/C=C2/C(=N)N3N=C(Cc4cccs4)SC3=NC2=O)c(C)n1-c1ccccc1. The summed E-state index contributed by atoms with van der Waals surface area (Å²) in [5, 5.41) is 18.0. The number of benzene rings is 1. The number of amidine groups is 2. The van der Waals surface area contributed by atoms with Gasteiger partial charge in [0.1, 0.15) is 5.04 Å². The van der Waals surface area contributed by atoms with Gasteiger partial charge in [0.05, 0.1) is 5.57 Å². The van der Waals surface area contributed by atoms with E-state index < -0.39 is 5.91 Å². The molecule has 0 fully saturated rings. The highest BCUT2D eigenvalue weighted by Crippen LogP contribution is 2.31. The van der Waals surface area contributed by atoms with E-state index in [0.29, 0.717) is 11.6 Å². The molecular formula is C23H19N5OS2. The van der Waals surface area contributed by atoms with Crippen LogP contribution >= 0.6 is 23.1 Å². The van der Waals surface area contributed by atoms with Crippen LogP contribution in [0.15, 0.2) is 69.6 Å². The Hall–Kier alpha value is -3.23. The molecule has 2 aromatic heterocycles. The second-order valence-corrected chi connectivity index (χ2v) is 9.34. The molecule has 6 nitrogen and oxygen atoms in total. The fraction of sp³-hybridized carbons (Fsp3) is 0.130. The van der Waals surface area contributed by atoms with E-state index in [-0.39, 0.29) is 11.4 Å². The van der Waals surface area contributed by atoms with Gasteiger partial charge in [0.15, 0.2) is 5.84 Å². The van der Waals surface area contributed by atoms with Gasteiger partial charge in [-0.1, -0.05) is 24.3 Å². The first kappa shape index (κ1) is 19.7. The zero-order valence-corrected chi connectivity index (χ0v) is 18.6. The number of aromatic nitrogens is 1. The number of nitrogens with one attached hydrogen (secondary N) is 1. The Balaban J connectivity index is 1.48. The van der Waals surface area contributed by atoms with Crippen molar-refractivity contribution in [2.45, 2.75) is 20.3 Å². The maximum Gasteiger partial charge on any atom is 0.283 e. The van der Waals surface area contributed by atoms with Crippen LogP contribution in [0.2, 0.25) is 0 Å². The molecule has 3 aromatic rings. The molecule has 1 N–H and O–H groups in total. The molecular weight excluding hydrogens is 426 g/mol. The quantitative estimate of drug-likeness (QED) is 0.573. The summed E-state index contributed by atoms with van der Waals surface area (Å²) in [5.41, 5.74) is 4.26. The number of para-hydroxylation sites is 1. The second-order valence-electron chi connectivity index (χ2n) is 7.27. The first-order valence-corrected chi connectivity index (χ1v) is 11.5. The number of carbonyl (C=O) groups excluding carboxylic acids is 1. The summed E-state index contributed by atoms with van der Waals surface area (Å²) in [7, 11) is 0. The lowest BCUT2D eigenvalue weighted by molar-refractivity contribution is -0.114. The van der Waals surface area contributed by atoms with Gasteiger partial charge in [0.25, 0.3) is 5.91 Å². The highest BCUT2D eigenvalue weighted by molar-refractivity contribution is 8.27. The van der Waals surface area contributed by atoms with Gasteiger partial charge in [-0.3, -0.25) is 10.2 Å². The smallest absolute Gasteiger partial charge is 0.283 e. The molecule has 2 aliphatic rings. The second kappa shape index (κ2) is 7.79. The molecule has 0 bridgehead atoms. The van der Waals surface area contributed by atoms with Crippen LogP contribution < -0.4 is 0 Å². The molecule has 0 atom stereocenters. The third kappa shape index (κ3) is 3.58. The van der Waals surface area contributed by atoms with Crippen molar-refractivity contribution < 1.29 is 4.79 Å². The van der Waals surface area contributed by atoms with Crippen LogP contribution in [0.3, 0.4) is 0 Å². The molecule has 8 heteroatoms. The van der Waals surface area contributed by atoms with E-state index >= 15 is 0 Å². The lowest BCUT2D eigenvalue weighted by atomic mass is 10.1. The van der Waals surface area contributed by atoms with Gasteiger partial charge in [-0.15, -0.1) is 11.3 Å². The van der Waals surface area contributed by atoms with Crippen molar-refractivity contribution in [1.29, 1.82) is 5.41 Å². The van der Waals surface area contributed by atoms with Crippen LogP contribution in [-0.2, 0) is 11.2 Å². The monoisotopic (exact) mass is 445 g/mol. The van der Waals surface area contributed by atoms with Crippen molar-refractivity contribution in [3.63, 3.8) is 0 Å². The third-order valence-corrected chi connectivity index (χ3v) is 6.97. The van der Waals surface area contributed by atoms with Crippen molar-refractivity contribution in [2.75, 3.05) is 0 Å². The van der Waals surface area contributed by atoms with E-state index in [4.69, 9.17) is 5.41 Å². The Labute approximate surface area is 188 Å². The maximum atomic E-state index is 12.8. The van der Waals surface area contributed by atoms with Gasteiger partial charge < -0.3 is 4.57 Å². The average Bonchev–Trinajstić information content (AvgIpc) is 3.46. The molecule has 0 aliphatic carbocycles. The molecule has 0 unspecified atom stereocenters. The van der Waals surface area contributed by atoms with E-state index in [1.165, 1.54) is 21.6 Å². The van der Waals surface area contributed by atoms with Crippen molar-refractivity contribution >= 4 is 51.1 Å². The fourth-order valence-corrected chi connectivity index (χ4v) is 5.44. The van der Waals surface area contributed by atoms with Crippen molar-refractivity contribution in [3.8, 4) is 5.69 Å². The van der Waals surface area contributed by atoms with Crippen LogP contribution in [0.25, 0.3) is 11.8 Å². The number of hydrogen-bond donors (Lipinski definition) is 1. The number of hydrogen-bond acceptors (Lipinski definition) is 5. The van der Waals surface area contributed by atoms with Gasteiger partial charge in [0, 0.05) is 28.4 Å². The predicted molar refractivity (Wildman–Crippen MR) is 128 cm³/mol. The summed E-state index contributed by atoms with van der Waals surface area (Å²) in [6, 6.07) is 16.2. The molecule has 31 heavy (non-hydrogen) atoms. The lowest BCUT2D eigenvalue weighted by Gasteiger charge is -2.20. The van der Waals surface area contributed by atoms with Gasteiger partial charge in [-0.05, 0) is 66.9 Å². The minimum absolute atomic E-state index is 0.0631. The zero-order chi connectivity index (χ0) is 21.5. The van der Waals surface area contributed by atoms with E-state index in [1.807, 2.05) is 61.7 Å². The maximum absolute atomic E-state index is 12.8. The average molecular weight is 446 g/mol. The minimum Gasteiger partial charge on any atom is -0.318 e. The molecule has 2 aliphatic heterocycles. The number of amides is 1. The van der Waals surface area contributed by atoms with Crippen LogP contribution in [0, 0.1) is 19.3 Å². The van der Waals surface area contributed by atoms with Crippen molar-refractivity contribution in [1.82, 2.24) is 9.58 Å². The molecule has 0 saturated heterocycles. The van der Waals surface area contributed by atoms with Gasteiger partial charge >= 0.3 is 0 Å².